The third-order valence-corrected chi connectivity index (χ3v) is 2.70. The van der Waals surface area contributed by atoms with Crippen molar-refractivity contribution in [3.05, 3.63) is 33.3 Å². The molecule has 1 aliphatic heterocycles. The van der Waals surface area contributed by atoms with Gasteiger partial charge in [-0.25, -0.2) is 4.79 Å². The van der Waals surface area contributed by atoms with Gasteiger partial charge in [-0.15, -0.1) is 0 Å². The maximum Gasteiger partial charge on any atom is 0.335 e. The van der Waals surface area contributed by atoms with E-state index in [9.17, 15) is 4.79 Å². The number of fused-ring (bicyclic) bond motifs is 1. The van der Waals surface area contributed by atoms with Crippen LogP contribution < -0.4 is 4.74 Å². The van der Waals surface area contributed by atoms with Gasteiger partial charge in [0.25, 0.3) is 0 Å². The molecule has 0 saturated heterocycles. The smallest absolute Gasteiger partial charge is 0.335 e. The monoisotopic (exact) mass is 268 g/mol. The van der Waals surface area contributed by atoms with Gasteiger partial charge < -0.3 is 9.84 Å². The molecule has 2 rings (SSSR count). The van der Waals surface area contributed by atoms with Crippen LogP contribution in [0.4, 0.5) is 0 Å². The number of hydrogen-bond acceptors (Lipinski definition) is 2. The topological polar surface area (TPSA) is 46.5 Å². The van der Waals surface area contributed by atoms with E-state index in [1.807, 2.05) is 19.1 Å². The van der Waals surface area contributed by atoms with Crippen LogP contribution in [-0.4, -0.2) is 17.7 Å². The van der Waals surface area contributed by atoms with Crippen LogP contribution in [0, 0.1) is 6.92 Å². The van der Waals surface area contributed by atoms with Crippen molar-refractivity contribution in [3.63, 3.8) is 0 Å². The van der Waals surface area contributed by atoms with Gasteiger partial charge in [-0.3, -0.25) is 0 Å². The molecule has 0 spiro atoms. The molecule has 4 heteroatoms. The summed E-state index contributed by atoms with van der Waals surface area (Å²) in [7, 11) is 0. The summed E-state index contributed by atoms with van der Waals surface area (Å²) in [4.78, 5) is 10.8. The van der Waals surface area contributed by atoms with E-state index < -0.39 is 5.97 Å². The Morgan fingerprint density at radius 2 is 2.27 bits per heavy atom. The summed E-state index contributed by atoms with van der Waals surface area (Å²) in [6.45, 7) is 2.06. The molecule has 0 amide bonds. The quantitative estimate of drug-likeness (QED) is 0.852. The van der Waals surface area contributed by atoms with Crippen LogP contribution in [0.15, 0.2) is 22.2 Å². The first-order valence-electron chi connectivity index (χ1n) is 4.45. The maximum absolute atomic E-state index is 10.8. The second kappa shape index (κ2) is 3.70. The molecule has 0 aliphatic carbocycles. The molecule has 3 nitrogen and oxygen atoms in total. The van der Waals surface area contributed by atoms with Crippen molar-refractivity contribution < 1.29 is 14.6 Å². The first-order valence-corrected chi connectivity index (χ1v) is 5.24. The fourth-order valence-corrected chi connectivity index (χ4v) is 2.15. The molecule has 0 radical (unpaired) electrons. The Kier molecular flexibility index (Phi) is 2.52. The summed E-state index contributed by atoms with van der Waals surface area (Å²) < 4.78 is 6.33. The predicted molar refractivity (Wildman–Crippen MR) is 60.0 cm³/mol. The number of aryl methyl sites for hydroxylation is 1. The van der Waals surface area contributed by atoms with E-state index in [2.05, 4.69) is 15.9 Å². The van der Waals surface area contributed by atoms with E-state index in [-0.39, 0.29) is 12.2 Å². The Balaban J connectivity index is 2.54. The van der Waals surface area contributed by atoms with Crippen LogP contribution in [0.1, 0.15) is 11.1 Å². The van der Waals surface area contributed by atoms with Crippen molar-refractivity contribution in [2.45, 2.75) is 6.92 Å². The Morgan fingerprint density at radius 3 is 2.93 bits per heavy atom. The molecule has 1 heterocycles. The number of aliphatic carboxylic acids is 1. The second-order valence-corrected chi connectivity index (χ2v) is 4.32. The third-order valence-electron chi connectivity index (χ3n) is 2.24. The SMILES string of the molecule is Cc1cc(Br)cc2c1OCC(C(=O)O)=C2. The van der Waals surface area contributed by atoms with Gasteiger partial charge in [0.15, 0.2) is 0 Å². The van der Waals surface area contributed by atoms with Crippen LogP contribution in [0.5, 0.6) is 5.75 Å². The number of hydrogen-bond donors (Lipinski definition) is 1. The van der Waals surface area contributed by atoms with Gasteiger partial charge in [0, 0.05) is 10.0 Å². The lowest BCUT2D eigenvalue weighted by Gasteiger charge is -2.18. The molecular weight excluding hydrogens is 260 g/mol. The van der Waals surface area contributed by atoms with Crippen molar-refractivity contribution in [2.75, 3.05) is 6.61 Å². The van der Waals surface area contributed by atoms with Crippen molar-refractivity contribution in [3.8, 4) is 5.75 Å². The van der Waals surface area contributed by atoms with E-state index in [1.54, 1.807) is 6.08 Å². The summed E-state index contributed by atoms with van der Waals surface area (Å²) in [5.41, 5.74) is 2.09. The number of halogens is 1. The minimum absolute atomic E-state index is 0.130. The minimum Gasteiger partial charge on any atom is -0.488 e. The molecule has 1 aromatic carbocycles. The lowest BCUT2D eigenvalue weighted by Crippen LogP contribution is -2.14. The normalized spacial score (nSPS) is 13.9. The highest BCUT2D eigenvalue weighted by Crippen LogP contribution is 2.32. The number of carboxylic acid groups (broad SMARTS) is 1. The molecule has 0 fully saturated rings. The zero-order chi connectivity index (χ0) is 11.0. The zero-order valence-corrected chi connectivity index (χ0v) is 9.67. The fourth-order valence-electron chi connectivity index (χ4n) is 1.56. The van der Waals surface area contributed by atoms with E-state index in [0.29, 0.717) is 0 Å². The van der Waals surface area contributed by atoms with Gasteiger partial charge in [0.1, 0.15) is 12.4 Å². The third kappa shape index (κ3) is 1.90. The lowest BCUT2D eigenvalue weighted by atomic mass is 10.0. The Bertz CT molecular complexity index is 463. The molecule has 1 N–H and O–H groups in total. The summed E-state index contributed by atoms with van der Waals surface area (Å²) >= 11 is 3.37. The van der Waals surface area contributed by atoms with Gasteiger partial charge in [-0.1, -0.05) is 15.9 Å². The van der Waals surface area contributed by atoms with Crippen LogP contribution in [0.3, 0.4) is 0 Å². The van der Waals surface area contributed by atoms with Crippen molar-refractivity contribution in [2.24, 2.45) is 0 Å². The Labute approximate surface area is 95.5 Å². The maximum atomic E-state index is 10.8. The molecule has 0 bridgehead atoms. The van der Waals surface area contributed by atoms with Gasteiger partial charge >= 0.3 is 5.97 Å². The lowest BCUT2D eigenvalue weighted by molar-refractivity contribution is -0.132. The number of carboxylic acids is 1. The van der Waals surface area contributed by atoms with E-state index in [1.165, 1.54) is 0 Å². The van der Waals surface area contributed by atoms with E-state index in [0.717, 1.165) is 21.3 Å². The molecule has 0 unspecified atom stereocenters. The van der Waals surface area contributed by atoms with E-state index in [4.69, 9.17) is 9.84 Å². The first-order chi connectivity index (χ1) is 7.08. The molecule has 1 aromatic rings. The van der Waals surface area contributed by atoms with Crippen molar-refractivity contribution >= 4 is 28.0 Å². The van der Waals surface area contributed by atoms with Gasteiger partial charge in [-0.2, -0.15) is 0 Å². The first kappa shape index (κ1) is 10.2. The average molecular weight is 269 g/mol. The van der Waals surface area contributed by atoms with Crippen LogP contribution in [-0.2, 0) is 4.79 Å². The minimum atomic E-state index is -0.932. The van der Waals surface area contributed by atoms with Gasteiger partial charge in [0.05, 0.1) is 5.57 Å². The molecule has 78 valence electrons. The van der Waals surface area contributed by atoms with Crippen LogP contribution in [0.2, 0.25) is 0 Å². The van der Waals surface area contributed by atoms with Crippen LogP contribution in [0.25, 0.3) is 6.08 Å². The fraction of sp³-hybridized carbons (Fsp3) is 0.182. The Hall–Kier alpha value is -1.29. The summed E-state index contributed by atoms with van der Waals surface area (Å²) in [5.74, 6) is -0.165. The molecule has 1 aliphatic rings. The molecule has 0 atom stereocenters. The number of ether oxygens (including phenoxy) is 1. The molecule has 15 heavy (non-hydrogen) atoms. The number of benzene rings is 1. The summed E-state index contributed by atoms with van der Waals surface area (Å²) in [5, 5.41) is 8.84. The summed E-state index contributed by atoms with van der Waals surface area (Å²) in [6.07, 6.45) is 1.65. The highest BCUT2D eigenvalue weighted by Gasteiger charge is 2.18. The van der Waals surface area contributed by atoms with Gasteiger partial charge in [0.2, 0.25) is 0 Å². The Morgan fingerprint density at radius 1 is 1.53 bits per heavy atom. The molecule has 0 aromatic heterocycles. The van der Waals surface area contributed by atoms with E-state index >= 15 is 0 Å². The number of rotatable bonds is 1. The zero-order valence-electron chi connectivity index (χ0n) is 8.08. The van der Waals surface area contributed by atoms with Crippen molar-refractivity contribution in [1.82, 2.24) is 0 Å². The highest BCUT2D eigenvalue weighted by atomic mass is 79.9. The molecule has 0 saturated carbocycles. The van der Waals surface area contributed by atoms with Gasteiger partial charge in [-0.05, 0) is 30.7 Å². The van der Waals surface area contributed by atoms with Crippen LogP contribution >= 0.6 is 15.9 Å². The highest BCUT2D eigenvalue weighted by molar-refractivity contribution is 9.10. The summed E-state index contributed by atoms with van der Waals surface area (Å²) in [6, 6.07) is 3.79. The average Bonchev–Trinajstić information content (AvgIpc) is 2.16. The number of carbonyl (C=O) groups is 1. The second-order valence-electron chi connectivity index (χ2n) is 3.40. The predicted octanol–water partition coefficient (Wildman–Crippen LogP) is 2.62. The standard InChI is InChI=1S/C11H9BrO3/c1-6-2-9(12)4-7-3-8(11(13)14)5-15-10(6)7/h2-4H,5H2,1H3,(H,13,14). The largest absolute Gasteiger partial charge is 0.488 e. The van der Waals surface area contributed by atoms with Crippen molar-refractivity contribution in [1.29, 1.82) is 0 Å². The molecular formula is C11H9BrO3.